The quantitative estimate of drug-likeness (QED) is 0.194. The van der Waals surface area contributed by atoms with Gasteiger partial charge in [0.1, 0.15) is 0 Å². The summed E-state index contributed by atoms with van der Waals surface area (Å²) in [4.78, 5) is 8.71. The molecule has 0 amide bonds. The van der Waals surface area contributed by atoms with Crippen molar-refractivity contribution in [1.29, 1.82) is 0 Å². The largest absolute Gasteiger partial charge is 0.305 e. The molecule has 171 valence electrons. The van der Waals surface area contributed by atoms with Crippen molar-refractivity contribution < 1.29 is 20.1 Å². The molecule has 1 radical (unpaired) electrons. The van der Waals surface area contributed by atoms with Gasteiger partial charge in [0.15, 0.2) is 0 Å². The molecule has 0 saturated carbocycles. The van der Waals surface area contributed by atoms with E-state index in [0.29, 0.717) is 5.92 Å². The van der Waals surface area contributed by atoms with E-state index in [2.05, 4.69) is 71.5 Å². The summed E-state index contributed by atoms with van der Waals surface area (Å²) in [6, 6.07) is 41.1. The molecule has 1 unspecified atom stereocenters. The molecule has 3 heteroatoms. The molecule has 0 spiro atoms. The van der Waals surface area contributed by atoms with Gasteiger partial charge in [-0.1, -0.05) is 61.5 Å². The molecule has 2 heterocycles. The van der Waals surface area contributed by atoms with Gasteiger partial charge in [0.2, 0.25) is 0 Å². The fourth-order valence-corrected chi connectivity index (χ4v) is 3.54. The SMILES string of the molecule is CC(c1ccccc1)c1cc[c-]c(-c2ccccn2)c1.Cc1ccc(-c2[c-]cccc2)nc1.[Ir]. The van der Waals surface area contributed by atoms with Crippen molar-refractivity contribution >= 4 is 0 Å². The third kappa shape index (κ3) is 6.81. The van der Waals surface area contributed by atoms with Gasteiger partial charge in [-0.3, -0.25) is 0 Å². The molecule has 5 rings (SSSR count). The first-order valence-corrected chi connectivity index (χ1v) is 11.1. The maximum Gasteiger partial charge on any atom is 0.0190 e. The normalized spacial score (nSPS) is 10.9. The van der Waals surface area contributed by atoms with Crippen LogP contribution in [0.2, 0.25) is 0 Å². The van der Waals surface area contributed by atoms with Crippen molar-refractivity contribution in [3.8, 4) is 22.5 Å². The minimum absolute atomic E-state index is 0. The van der Waals surface area contributed by atoms with E-state index < -0.39 is 0 Å². The van der Waals surface area contributed by atoms with Gasteiger partial charge in [-0.05, 0) is 41.4 Å². The summed E-state index contributed by atoms with van der Waals surface area (Å²) in [5, 5.41) is 0. The van der Waals surface area contributed by atoms with Crippen LogP contribution in [-0.4, -0.2) is 9.97 Å². The molecule has 34 heavy (non-hydrogen) atoms. The molecule has 0 aliphatic rings. The van der Waals surface area contributed by atoms with E-state index in [9.17, 15) is 0 Å². The van der Waals surface area contributed by atoms with E-state index in [1.165, 1.54) is 16.7 Å². The Morgan fingerprint density at radius 1 is 0.647 bits per heavy atom. The Hall–Kier alpha value is -3.39. The molecule has 1 atom stereocenters. The zero-order chi connectivity index (χ0) is 22.9. The Balaban J connectivity index is 0.000000201. The zero-order valence-electron chi connectivity index (χ0n) is 19.3. The van der Waals surface area contributed by atoms with Gasteiger partial charge in [-0.15, -0.1) is 71.3 Å². The first-order valence-electron chi connectivity index (χ1n) is 11.1. The predicted octanol–water partition coefficient (Wildman–Crippen LogP) is 7.56. The summed E-state index contributed by atoms with van der Waals surface area (Å²) >= 11 is 0. The number of rotatable bonds is 4. The van der Waals surface area contributed by atoms with Gasteiger partial charge >= 0.3 is 0 Å². The number of aryl methyl sites for hydroxylation is 1. The van der Waals surface area contributed by atoms with Crippen LogP contribution in [-0.2, 0) is 20.1 Å². The van der Waals surface area contributed by atoms with Crippen LogP contribution in [0.15, 0.2) is 116 Å². The van der Waals surface area contributed by atoms with E-state index in [4.69, 9.17) is 0 Å². The summed E-state index contributed by atoms with van der Waals surface area (Å²) in [7, 11) is 0. The summed E-state index contributed by atoms with van der Waals surface area (Å²) in [5.74, 6) is 0.369. The zero-order valence-corrected chi connectivity index (χ0v) is 21.7. The van der Waals surface area contributed by atoms with Crippen LogP contribution >= 0.6 is 0 Å². The molecule has 3 aromatic carbocycles. The molecular weight excluding hydrogens is 593 g/mol. The van der Waals surface area contributed by atoms with Crippen LogP contribution < -0.4 is 0 Å². The van der Waals surface area contributed by atoms with Crippen molar-refractivity contribution in [3.63, 3.8) is 0 Å². The van der Waals surface area contributed by atoms with E-state index in [1.54, 1.807) is 0 Å². The van der Waals surface area contributed by atoms with Gasteiger partial charge in [0.05, 0.1) is 0 Å². The van der Waals surface area contributed by atoms with E-state index in [-0.39, 0.29) is 20.1 Å². The third-order valence-electron chi connectivity index (χ3n) is 5.46. The molecule has 2 nitrogen and oxygen atoms in total. The first kappa shape index (κ1) is 25.2. The summed E-state index contributed by atoms with van der Waals surface area (Å²) in [6.07, 6.45) is 3.69. The number of nitrogens with zero attached hydrogens (tertiary/aromatic N) is 2. The standard InChI is InChI=1S/C19H16N.C12H10N.Ir/c1-15(16-8-3-2-4-9-16)17-10-7-11-18(14-17)19-12-5-6-13-20-19;1-10-7-8-12(13-9-10)11-5-3-2-4-6-11;/h2-10,12-15H,1H3;2-5,7-9H,1H3;/q2*-1;. The minimum atomic E-state index is 0. The molecule has 0 fully saturated rings. The Bertz CT molecular complexity index is 1260. The number of aromatic nitrogens is 2. The van der Waals surface area contributed by atoms with Gasteiger partial charge in [0, 0.05) is 32.5 Å². The Kier molecular flexibility index (Phi) is 9.46. The Morgan fingerprint density at radius 3 is 2.06 bits per heavy atom. The van der Waals surface area contributed by atoms with Gasteiger partial charge in [0.25, 0.3) is 0 Å². The average Bonchev–Trinajstić information content (AvgIpc) is 2.91. The smallest absolute Gasteiger partial charge is 0.0190 e. The van der Waals surface area contributed by atoms with Crippen LogP contribution in [0.1, 0.15) is 29.5 Å². The molecule has 0 bridgehead atoms. The van der Waals surface area contributed by atoms with Crippen molar-refractivity contribution in [2.75, 3.05) is 0 Å². The van der Waals surface area contributed by atoms with Gasteiger partial charge in [-0.2, -0.15) is 0 Å². The number of hydrogen-bond acceptors (Lipinski definition) is 2. The number of hydrogen-bond donors (Lipinski definition) is 0. The second-order valence-electron chi connectivity index (χ2n) is 7.88. The summed E-state index contributed by atoms with van der Waals surface area (Å²) in [6.45, 7) is 4.26. The monoisotopic (exact) mass is 619 g/mol. The van der Waals surface area contributed by atoms with Crippen LogP contribution in [0.4, 0.5) is 0 Å². The van der Waals surface area contributed by atoms with Crippen LogP contribution in [0.3, 0.4) is 0 Å². The second-order valence-corrected chi connectivity index (χ2v) is 7.88. The first-order chi connectivity index (χ1) is 16.2. The van der Waals surface area contributed by atoms with Crippen molar-refractivity contribution in [2.45, 2.75) is 19.8 Å². The Labute approximate surface area is 216 Å². The van der Waals surface area contributed by atoms with E-state index in [1.807, 2.05) is 80.0 Å². The van der Waals surface area contributed by atoms with Crippen LogP contribution in [0, 0.1) is 19.1 Å². The predicted molar refractivity (Wildman–Crippen MR) is 136 cm³/mol. The average molecular weight is 619 g/mol. The summed E-state index contributed by atoms with van der Waals surface area (Å²) in [5.41, 5.74) is 7.83. The molecule has 0 saturated heterocycles. The third-order valence-corrected chi connectivity index (χ3v) is 5.46. The second kappa shape index (κ2) is 12.7. The minimum Gasteiger partial charge on any atom is -0.305 e. The van der Waals surface area contributed by atoms with Gasteiger partial charge in [-0.25, -0.2) is 0 Å². The van der Waals surface area contributed by atoms with Crippen molar-refractivity contribution in [1.82, 2.24) is 9.97 Å². The molecule has 2 aromatic heterocycles. The summed E-state index contributed by atoms with van der Waals surface area (Å²) < 4.78 is 0. The maximum absolute atomic E-state index is 4.39. The van der Waals surface area contributed by atoms with Crippen LogP contribution in [0.5, 0.6) is 0 Å². The maximum atomic E-state index is 4.39. The van der Waals surface area contributed by atoms with Crippen molar-refractivity contribution in [2.24, 2.45) is 0 Å². The number of pyridine rings is 2. The molecule has 0 aliphatic heterocycles. The van der Waals surface area contributed by atoms with E-state index in [0.717, 1.165) is 22.5 Å². The number of benzene rings is 3. The molecule has 5 aromatic rings. The fourth-order valence-electron chi connectivity index (χ4n) is 3.54. The molecule has 0 aliphatic carbocycles. The fraction of sp³-hybridized carbons (Fsp3) is 0.0968. The van der Waals surface area contributed by atoms with E-state index >= 15 is 0 Å². The Morgan fingerprint density at radius 2 is 1.38 bits per heavy atom. The van der Waals surface area contributed by atoms with Gasteiger partial charge < -0.3 is 9.97 Å². The van der Waals surface area contributed by atoms with Crippen LogP contribution in [0.25, 0.3) is 22.5 Å². The molecule has 0 N–H and O–H groups in total. The molecular formula is C31H26IrN2-2. The topological polar surface area (TPSA) is 25.8 Å². The van der Waals surface area contributed by atoms with Crippen molar-refractivity contribution in [3.05, 3.63) is 144 Å².